The van der Waals surface area contributed by atoms with Crippen molar-refractivity contribution in [1.82, 2.24) is 0 Å². The number of rotatable bonds is 6. The van der Waals surface area contributed by atoms with Crippen molar-refractivity contribution in [2.75, 3.05) is 19.0 Å². The second-order valence-corrected chi connectivity index (χ2v) is 5.92. The third-order valence-electron chi connectivity index (χ3n) is 3.11. The highest BCUT2D eigenvalue weighted by molar-refractivity contribution is 14.1. The summed E-state index contributed by atoms with van der Waals surface area (Å²) in [5.74, 6) is -0.113. The van der Waals surface area contributed by atoms with Gasteiger partial charge in [0.15, 0.2) is 11.5 Å². The first-order valence-electron chi connectivity index (χ1n) is 7.02. The number of nitro groups is 1. The van der Waals surface area contributed by atoms with Gasteiger partial charge in [-0.05, 0) is 47.7 Å². The van der Waals surface area contributed by atoms with E-state index in [1.54, 1.807) is 25.1 Å². The number of nitro benzene ring substituents is 1. The van der Waals surface area contributed by atoms with Crippen LogP contribution in [0.15, 0.2) is 36.4 Å². The molecule has 7 nitrogen and oxygen atoms in total. The van der Waals surface area contributed by atoms with Gasteiger partial charge in [-0.3, -0.25) is 14.9 Å². The Morgan fingerprint density at radius 3 is 2.62 bits per heavy atom. The molecule has 0 aromatic heterocycles. The van der Waals surface area contributed by atoms with Crippen LogP contribution in [-0.4, -0.2) is 24.5 Å². The van der Waals surface area contributed by atoms with Crippen molar-refractivity contribution in [3.8, 4) is 11.5 Å². The molecule has 1 amide bonds. The van der Waals surface area contributed by atoms with E-state index in [2.05, 4.69) is 27.9 Å². The van der Waals surface area contributed by atoms with Crippen molar-refractivity contribution in [3.05, 3.63) is 55.6 Å². The normalized spacial score (nSPS) is 10.1. The lowest BCUT2D eigenvalue weighted by Crippen LogP contribution is -2.14. The molecule has 0 radical (unpaired) electrons. The number of nitrogens with zero attached hydrogens (tertiary/aromatic N) is 1. The van der Waals surface area contributed by atoms with Crippen LogP contribution in [0.5, 0.6) is 11.5 Å². The average molecular weight is 442 g/mol. The zero-order chi connectivity index (χ0) is 17.7. The van der Waals surface area contributed by atoms with Crippen LogP contribution in [0.25, 0.3) is 0 Å². The second-order valence-electron chi connectivity index (χ2n) is 4.67. The number of anilines is 1. The molecule has 8 heteroatoms. The highest BCUT2D eigenvalue weighted by Gasteiger charge is 2.24. The second kappa shape index (κ2) is 7.95. The number of ether oxygens (including phenoxy) is 2. The SMILES string of the molecule is CCOc1cc([N+](=O)[O-])c(C(=O)Nc2cccc(I)c2)cc1OC. The summed E-state index contributed by atoms with van der Waals surface area (Å²) < 4.78 is 11.4. The largest absolute Gasteiger partial charge is 0.493 e. The van der Waals surface area contributed by atoms with E-state index in [1.807, 2.05) is 6.07 Å². The van der Waals surface area contributed by atoms with Crippen molar-refractivity contribution >= 4 is 39.9 Å². The van der Waals surface area contributed by atoms with Crippen LogP contribution in [0.1, 0.15) is 17.3 Å². The third-order valence-corrected chi connectivity index (χ3v) is 3.78. The lowest BCUT2D eigenvalue weighted by Gasteiger charge is -2.12. The van der Waals surface area contributed by atoms with Crippen LogP contribution in [0.3, 0.4) is 0 Å². The minimum absolute atomic E-state index is 0.0980. The summed E-state index contributed by atoms with van der Waals surface area (Å²) in [6.07, 6.45) is 0. The number of methoxy groups -OCH3 is 1. The number of carbonyl (C=O) groups excluding carboxylic acids is 1. The first kappa shape index (κ1) is 18.0. The molecule has 0 spiro atoms. The minimum atomic E-state index is -0.619. The molecule has 0 fully saturated rings. The van der Waals surface area contributed by atoms with Gasteiger partial charge in [0.1, 0.15) is 5.56 Å². The molecule has 0 aliphatic rings. The van der Waals surface area contributed by atoms with E-state index in [4.69, 9.17) is 9.47 Å². The van der Waals surface area contributed by atoms with E-state index in [-0.39, 0.29) is 22.7 Å². The summed E-state index contributed by atoms with van der Waals surface area (Å²) in [4.78, 5) is 23.2. The lowest BCUT2D eigenvalue weighted by atomic mass is 10.1. The molecule has 0 heterocycles. The number of carbonyl (C=O) groups is 1. The Morgan fingerprint density at radius 2 is 2.04 bits per heavy atom. The molecular formula is C16H15IN2O5. The minimum Gasteiger partial charge on any atom is -0.493 e. The van der Waals surface area contributed by atoms with Crippen molar-refractivity contribution in [2.45, 2.75) is 6.92 Å². The molecular weight excluding hydrogens is 427 g/mol. The number of hydrogen-bond donors (Lipinski definition) is 1. The van der Waals surface area contributed by atoms with Crippen LogP contribution in [0.2, 0.25) is 0 Å². The summed E-state index contributed by atoms with van der Waals surface area (Å²) in [5, 5.41) is 14.0. The van der Waals surface area contributed by atoms with E-state index in [1.165, 1.54) is 19.2 Å². The number of nitrogens with one attached hydrogen (secondary N) is 1. The topological polar surface area (TPSA) is 90.7 Å². The van der Waals surface area contributed by atoms with E-state index in [0.29, 0.717) is 12.3 Å². The van der Waals surface area contributed by atoms with Crippen LogP contribution in [-0.2, 0) is 0 Å². The van der Waals surface area contributed by atoms with Gasteiger partial charge < -0.3 is 14.8 Å². The maximum absolute atomic E-state index is 12.5. The molecule has 0 saturated carbocycles. The summed E-state index contributed by atoms with van der Waals surface area (Å²) in [5.41, 5.74) is 0.107. The molecule has 0 saturated heterocycles. The molecule has 2 rings (SSSR count). The van der Waals surface area contributed by atoms with Gasteiger partial charge in [0.25, 0.3) is 11.6 Å². The van der Waals surface area contributed by atoms with Gasteiger partial charge in [-0.25, -0.2) is 0 Å². The smallest absolute Gasteiger partial charge is 0.286 e. The van der Waals surface area contributed by atoms with Crippen molar-refractivity contribution in [1.29, 1.82) is 0 Å². The van der Waals surface area contributed by atoms with Crippen LogP contribution >= 0.6 is 22.6 Å². The zero-order valence-corrected chi connectivity index (χ0v) is 15.2. The fourth-order valence-corrected chi connectivity index (χ4v) is 2.62. The van der Waals surface area contributed by atoms with Gasteiger partial charge in [-0.2, -0.15) is 0 Å². The Morgan fingerprint density at radius 1 is 1.29 bits per heavy atom. The predicted molar refractivity (Wildman–Crippen MR) is 97.9 cm³/mol. The van der Waals surface area contributed by atoms with Gasteiger partial charge in [0.2, 0.25) is 0 Å². The average Bonchev–Trinajstić information content (AvgIpc) is 2.54. The molecule has 0 atom stereocenters. The number of benzene rings is 2. The monoisotopic (exact) mass is 442 g/mol. The van der Waals surface area contributed by atoms with Crippen molar-refractivity contribution in [3.63, 3.8) is 0 Å². The first-order chi connectivity index (χ1) is 11.5. The van der Waals surface area contributed by atoms with E-state index >= 15 is 0 Å². The van der Waals surface area contributed by atoms with Gasteiger partial charge in [-0.15, -0.1) is 0 Å². The van der Waals surface area contributed by atoms with E-state index < -0.39 is 10.8 Å². The Labute approximate surface area is 152 Å². The molecule has 0 aliphatic heterocycles. The van der Waals surface area contributed by atoms with Crippen LogP contribution < -0.4 is 14.8 Å². The van der Waals surface area contributed by atoms with Crippen molar-refractivity contribution < 1.29 is 19.2 Å². The quantitative estimate of drug-likeness (QED) is 0.417. The van der Waals surface area contributed by atoms with Gasteiger partial charge >= 0.3 is 0 Å². The number of amides is 1. The molecule has 1 N–H and O–H groups in total. The van der Waals surface area contributed by atoms with Gasteiger partial charge in [-0.1, -0.05) is 6.07 Å². The fourth-order valence-electron chi connectivity index (χ4n) is 2.07. The fraction of sp³-hybridized carbons (Fsp3) is 0.188. The molecule has 0 aliphatic carbocycles. The predicted octanol–water partition coefficient (Wildman–Crippen LogP) is 3.86. The Kier molecular flexibility index (Phi) is 5.96. The molecule has 24 heavy (non-hydrogen) atoms. The van der Waals surface area contributed by atoms with Gasteiger partial charge in [0, 0.05) is 15.3 Å². The third kappa shape index (κ3) is 4.13. The molecule has 126 valence electrons. The Hall–Kier alpha value is -2.36. The summed E-state index contributed by atoms with van der Waals surface area (Å²) >= 11 is 2.11. The van der Waals surface area contributed by atoms with Crippen LogP contribution in [0.4, 0.5) is 11.4 Å². The summed E-state index contributed by atoms with van der Waals surface area (Å²) in [6.45, 7) is 2.07. The highest BCUT2D eigenvalue weighted by atomic mass is 127. The number of hydrogen-bond acceptors (Lipinski definition) is 5. The number of halogens is 1. The Balaban J connectivity index is 2.43. The Bertz CT molecular complexity index is 779. The van der Waals surface area contributed by atoms with Gasteiger partial charge in [0.05, 0.1) is 24.7 Å². The zero-order valence-electron chi connectivity index (χ0n) is 13.0. The van der Waals surface area contributed by atoms with E-state index in [9.17, 15) is 14.9 Å². The van der Waals surface area contributed by atoms with E-state index in [0.717, 1.165) is 3.57 Å². The molecule has 2 aromatic rings. The van der Waals surface area contributed by atoms with Crippen molar-refractivity contribution in [2.24, 2.45) is 0 Å². The maximum atomic E-state index is 12.5. The molecule has 0 unspecified atom stereocenters. The lowest BCUT2D eigenvalue weighted by molar-refractivity contribution is -0.385. The maximum Gasteiger partial charge on any atom is 0.286 e. The standard InChI is InChI=1S/C16H15IN2O5/c1-3-24-15-9-13(19(21)22)12(8-14(15)23-2)16(20)18-11-6-4-5-10(17)7-11/h4-9H,3H2,1-2H3,(H,18,20). The summed E-state index contributed by atoms with van der Waals surface area (Å²) in [6, 6.07) is 9.63. The summed E-state index contributed by atoms with van der Waals surface area (Å²) in [7, 11) is 1.41. The van der Waals surface area contributed by atoms with Crippen LogP contribution in [0, 0.1) is 13.7 Å². The molecule has 2 aromatic carbocycles. The molecule has 0 bridgehead atoms. The highest BCUT2D eigenvalue weighted by Crippen LogP contribution is 2.35. The first-order valence-corrected chi connectivity index (χ1v) is 8.10.